The van der Waals surface area contributed by atoms with Crippen LogP contribution in [-0.2, 0) is 9.53 Å². The molecule has 0 radical (unpaired) electrons. The number of aliphatic hydroxyl groups excluding tert-OH is 1. The molecule has 15 heavy (non-hydrogen) atoms. The molecule has 0 aromatic heterocycles. The minimum absolute atomic E-state index is 0.223. The molecule has 0 aromatic rings. The second-order valence-electron chi connectivity index (χ2n) is 4.93. The summed E-state index contributed by atoms with van der Waals surface area (Å²) in [5.74, 6) is 0.939. The Labute approximate surface area is 91.8 Å². The van der Waals surface area contributed by atoms with Crippen LogP contribution >= 0.6 is 0 Å². The predicted molar refractivity (Wildman–Crippen MR) is 58.3 cm³/mol. The van der Waals surface area contributed by atoms with Crippen LogP contribution in [0.2, 0.25) is 0 Å². The number of rotatable bonds is 3. The van der Waals surface area contributed by atoms with Crippen LogP contribution in [-0.4, -0.2) is 23.8 Å². The summed E-state index contributed by atoms with van der Waals surface area (Å²) in [6.45, 7) is 6.08. The van der Waals surface area contributed by atoms with E-state index in [1.807, 2.05) is 6.92 Å². The summed E-state index contributed by atoms with van der Waals surface area (Å²) in [7, 11) is 0. The highest BCUT2D eigenvalue weighted by molar-refractivity contribution is 5.65. The maximum absolute atomic E-state index is 10.7. The van der Waals surface area contributed by atoms with E-state index in [1.165, 1.54) is 13.3 Å². The van der Waals surface area contributed by atoms with Gasteiger partial charge in [-0.1, -0.05) is 20.3 Å². The van der Waals surface area contributed by atoms with Crippen molar-refractivity contribution in [3.8, 4) is 0 Å². The summed E-state index contributed by atoms with van der Waals surface area (Å²) in [6.07, 6.45) is 2.88. The average molecular weight is 214 g/mol. The van der Waals surface area contributed by atoms with E-state index in [0.717, 1.165) is 12.8 Å². The zero-order valence-corrected chi connectivity index (χ0v) is 9.90. The SMILES string of the molecule is CC(=O)OC[C@@H](C)[C@H]1CC[C@@H](C)C[C@H]1O. The molecule has 0 aromatic carbocycles. The first-order valence-corrected chi connectivity index (χ1v) is 5.82. The molecule has 3 heteroatoms. The number of carbonyl (C=O) groups excluding carboxylic acids is 1. The highest BCUT2D eigenvalue weighted by atomic mass is 16.5. The Bertz CT molecular complexity index is 215. The van der Waals surface area contributed by atoms with Crippen molar-refractivity contribution in [2.24, 2.45) is 17.8 Å². The lowest BCUT2D eigenvalue weighted by molar-refractivity contribution is -0.143. The molecule has 3 nitrogen and oxygen atoms in total. The first-order chi connectivity index (χ1) is 7.00. The van der Waals surface area contributed by atoms with Crippen LogP contribution in [0.25, 0.3) is 0 Å². The standard InChI is InChI=1S/C12H22O3/c1-8-4-5-11(12(14)6-8)9(2)7-15-10(3)13/h8-9,11-12,14H,4-7H2,1-3H3/t8-,9-,11-,12-/m1/s1. The molecule has 0 heterocycles. The number of hydrogen-bond donors (Lipinski definition) is 1. The molecule has 0 saturated heterocycles. The average Bonchev–Trinajstić information content (AvgIpc) is 2.14. The van der Waals surface area contributed by atoms with E-state index in [4.69, 9.17) is 4.74 Å². The first-order valence-electron chi connectivity index (χ1n) is 5.82. The normalized spacial score (nSPS) is 33.5. The Morgan fingerprint density at radius 2 is 2.20 bits per heavy atom. The fourth-order valence-electron chi connectivity index (χ4n) is 2.41. The number of aliphatic hydroxyl groups is 1. The molecule has 0 aliphatic heterocycles. The number of hydrogen-bond acceptors (Lipinski definition) is 3. The van der Waals surface area contributed by atoms with Crippen molar-refractivity contribution in [3.05, 3.63) is 0 Å². The highest BCUT2D eigenvalue weighted by Crippen LogP contribution is 2.33. The van der Waals surface area contributed by atoms with Crippen LogP contribution in [0.4, 0.5) is 0 Å². The van der Waals surface area contributed by atoms with Crippen LogP contribution < -0.4 is 0 Å². The van der Waals surface area contributed by atoms with Gasteiger partial charge in [-0.3, -0.25) is 4.79 Å². The Kier molecular flexibility index (Phi) is 4.58. The van der Waals surface area contributed by atoms with Gasteiger partial charge in [0.05, 0.1) is 12.7 Å². The summed E-state index contributed by atoms with van der Waals surface area (Å²) in [5.41, 5.74) is 0. The van der Waals surface area contributed by atoms with Gasteiger partial charge in [0.1, 0.15) is 0 Å². The molecule has 1 saturated carbocycles. The minimum atomic E-state index is -0.236. The zero-order valence-electron chi connectivity index (χ0n) is 9.90. The fourth-order valence-corrected chi connectivity index (χ4v) is 2.41. The van der Waals surface area contributed by atoms with Gasteiger partial charge >= 0.3 is 5.97 Å². The van der Waals surface area contributed by atoms with E-state index in [0.29, 0.717) is 18.4 Å². The van der Waals surface area contributed by atoms with E-state index in [-0.39, 0.29) is 18.0 Å². The van der Waals surface area contributed by atoms with Crippen molar-refractivity contribution in [2.45, 2.75) is 46.1 Å². The van der Waals surface area contributed by atoms with Crippen LogP contribution in [0.15, 0.2) is 0 Å². The summed E-state index contributed by atoms with van der Waals surface area (Å²) in [4.78, 5) is 10.7. The molecular weight excluding hydrogens is 192 g/mol. The molecule has 0 spiro atoms. The van der Waals surface area contributed by atoms with Gasteiger partial charge in [0.25, 0.3) is 0 Å². The Hall–Kier alpha value is -0.570. The van der Waals surface area contributed by atoms with E-state index in [1.54, 1.807) is 0 Å². The molecular formula is C12H22O3. The summed E-state index contributed by atoms with van der Waals surface area (Å²) in [6, 6.07) is 0. The van der Waals surface area contributed by atoms with Crippen molar-refractivity contribution in [3.63, 3.8) is 0 Å². The van der Waals surface area contributed by atoms with E-state index in [9.17, 15) is 9.90 Å². The molecule has 1 rings (SSSR count). The molecule has 1 fully saturated rings. The van der Waals surface area contributed by atoms with Crippen molar-refractivity contribution >= 4 is 5.97 Å². The lowest BCUT2D eigenvalue weighted by Gasteiger charge is -2.35. The number of esters is 1. The second-order valence-corrected chi connectivity index (χ2v) is 4.93. The maximum atomic E-state index is 10.7. The fraction of sp³-hybridized carbons (Fsp3) is 0.917. The molecule has 0 bridgehead atoms. The molecule has 88 valence electrons. The van der Waals surface area contributed by atoms with Gasteiger partial charge in [-0.05, 0) is 30.6 Å². The van der Waals surface area contributed by atoms with Gasteiger partial charge in [-0.15, -0.1) is 0 Å². The van der Waals surface area contributed by atoms with Crippen molar-refractivity contribution in [2.75, 3.05) is 6.61 Å². The lowest BCUT2D eigenvalue weighted by atomic mass is 9.75. The van der Waals surface area contributed by atoms with Gasteiger partial charge in [0, 0.05) is 6.92 Å². The molecule has 4 atom stereocenters. The van der Waals surface area contributed by atoms with Gasteiger partial charge in [0.2, 0.25) is 0 Å². The van der Waals surface area contributed by atoms with Crippen LogP contribution in [0.1, 0.15) is 40.0 Å². The third kappa shape index (κ3) is 3.82. The molecule has 1 N–H and O–H groups in total. The van der Waals surface area contributed by atoms with Crippen LogP contribution in [0.5, 0.6) is 0 Å². The highest BCUT2D eigenvalue weighted by Gasteiger charge is 2.31. The Morgan fingerprint density at radius 3 is 2.73 bits per heavy atom. The van der Waals surface area contributed by atoms with Gasteiger partial charge < -0.3 is 9.84 Å². The Morgan fingerprint density at radius 1 is 1.53 bits per heavy atom. The summed E-state index contributed by atoms with van der Waals surface area (Å²) >= 11 is 0. The van der Waals surface area contributed by atoms with Gasteiger partial charge in [-0.2, -0.15) is 0 Å². The van der Waals surface area contributed by atoms with Crippen molar-refractivity contribution < 1.29 is 14.6 Å². The third-order valence-electron chi connectivity index (χ3n) is 3.41. The molecule has 0 unspecified atom stereocenters. The zero-order chi connectivity index (χ0) is 11.4. The van der Waals surface area contributed by atoms with Gasteiger partial charge in [0.15, 0.2) is 0 Å². The molecule has 0 amide bonds. The monoisotopic (exact) mass is 214 g/mol. The number of carbonyl (C=O) groups is 1. The van der Waals surface area contributed by atoms with E-state index in [2.05, 4.69) is 6.92 Å². The predicted octanol–water partition coefficient (Wildman–Crippen LogP) is 1.98. The maximum Gasteiger partial charge on any atom is 0.302 e. The number of ether oxygens (including phenoxy) is 1. The van der Waals surface area contributed by atoms with Crippen LogP contribution in [0.3, 0.4) is 0 Å². The summed E-state index contributed by atoms with van der Waals surface area (Å²) in [5, 5.41) is 9.93. The first kappa shape index (κ1) is 12.5. The Balaban J connectivity index is 2.38. The largest absolute Gasteiger partial charge is 0.466 e. The lowest BCUT2D eigenvalue weighted by Crippen LogP contribution is -2.34. The summed E-state index contributed by atoms with van der Waals surface area (Å²) < 4.78 is 4.98. The van der Waals surface area contributed by atoms with E-state index < -0.39 is 0 Å². The van der Waals surface area contributed by atoms with Gasteiger partial charge in [-0.25, -0.2) is 0 Å². The molecule has 1 aliphatic rings. The molecule has 1 aliphatic carbocycles. The van der Waals surface area contributed by atoms with Crippen molar-refractivity contribution in [1.29, 1.82) is 0 Å². The van der Waals surface area contributed by atoms with E-state index >= 15 is 0 Å². The topological polar surface area (TPSA) is 46.5 Å². The van der Waals surface area contributed by atoms with Crippen LogP contribution in [0, 0.1) is 17.8 Å². The smallest absolute Gasteiger partial charge is 0.302 e. The van der Waals surface area contributed by atoms with Crippen molar-refractivity contribution in [1.82, 2.24) is 0 Å². The second kappa shape index (κ2) is 5.50. The third-order valence-corrected chi connectivity index (χ3v) is 3.41. The quantitative estimate of drug-likeness (QED) is 0.731. The minimum Gasteiger partial charge on any atom is -0.466 e.